The van der Waals surface area contributed by atoms with Gasteiger partial charge in [-0.3, -0.25) is 4.79 Å². The maximum absolute atomic E-state index is 10.4. The second-order valence-corrected chi connectivity index (χ2v) is 4.46. The molecule has 0 amide bonds. The average molecular weight is 178 g/mol. The van der Waals surface area contributed by atoms with Gasteiger partial charge < -0.3 is 0 Å². The van der Waals surface area contributed by atoms with Crippen molar-refractivity contribution in [2.75, 3.05) is 0 Å². The van der Waals surface area contributed by atoms with E-state index in [1.54, 1.807) is 6.08 Å². The Morgan fingerprint density at radius 3 is 2.62 bits per heavy atom. The molecule has 0 aromatic carbocycles. The first kappa shape index (κ1) is 10.2. The van der Waals surface area contributed by atoms with Crippen molar-refractivity contribution in [1.29, 1.82) is 0 Å². The highest BCUT2D eigenvalue weighted by atomic mass is 16.1. The summed E-state index contributed by atoms with van der Waals surface area (Å²) in [5.74, 6) is 0.678. The molecule has 13 heavy (non-hydrogen) atoms. The Hall–Kier alpha value is -0.850. The van der Waals surface area contributed by atoms with Gasteiger partial charge in [0.25, 0.3) is 0 Å². The van der Waals surface area contributed by atoms with Gasteiger partial charge >= 0.3 is 0 Å². The van der Waals surface area contributed by atoms with Gasteiger partial charge in [-0.2, -0.15) is 0 Å². The molecule has 0 saturated heterocycles. The molecule has 0 aromatic heterocycles. The van der Waals surface area contributed by atoms with Crippen LogP contribution in [0.5, 0.6) is 0 Å². The van der Waals surface area contributed by atoms with Crippen molar-refractivity contribution in [2.45, 2.75) is 34.1 Å². The summed E-state index contributed by atoms with van der Waals surface area (Å²) in [6.07, 6.45) is 5.92. The number of carbonyl (C=O) groups excluding carboxylic acids is 1. The van der Waals surface area contributed by atoms with Crippen LogP contribution in [0.4, 0.5) is 0 Å². The van der Waals surface area contributed by atoms with Gasteiger partial charge in [0, 0.05) is 0 Å². The molecule has 0 radical (unpaired) electrons. The highest BCUT2D eigenvalue weighted by molar-refractivity contribution is 5.68. The SMILES string of the molecule is CC(=CC=O)C1=CCC(C)C1(C)C. The molecule has 1 atom stereocenters. The van der Waals surface area contributed by atoms with E-state index in [0.717, 1.165) is 18.3 Å². The lowest BCUT2D eigenvalue weighted by atomic mass is 9.76. The van der Waals surface area contributed by atoms with Crippen molar-refractivity contribution in [3.8, 4) is 0 Å². The van der Waals surface area contributed by atoms with Gasteiger partial charge in [-0.1, -0.05) is 26.8 Å². The molecule has 0 N–H and O–H groups in total. The Kier molecular flexibility index (Phi) is 2.74. The largest absolute Gasteiger partial charge is 0.299 e. The van der Waals surface area contributed by atoms with E-state index in [1.165, 1.54) is 5.57 Å². The number of allylic oxidation sites excluding steroid dienone is 4. The molecule has 0 aliphatic heterocycles. The fraction of sp³-hybridized carbons (Fsp3) is 0.583. The van der Waals surface area contributed by atoms with E-state index >= 15 is 0 Å². The third kappa shape index (κ3) is 1.74. The molecule has 72 valence electrons. The molecule has 1 nitrogen and oxygen atoms in total. The summed E-state index contributed by atoms with van der Waals surface area (Å²) in [7, 11) is 0. The van der Waals surface area contributed by atoms with E-state index in [2.05, 4.69) is 26.8 Å². The van der Waals surface area contributed by atoms with Gasteiger partial charge in [0.15, 0.2) is 0 Å². The fourth-order valence-corrected chi connectivity index (χ4v) is 1.98. The minimum atomic E-state index is 0.226. The number of hydrogen-bond donors (Lipinski definition) is 0. The molecule has 0 aromatic rings. The monoisotopic (exact) mass is 178 g/mol. The van der Waals surface area contributed by atoms with Crippen LogP contribution in [0.1, 0.15) is 34.1 Å². The summed E-state index contributed by atoms with van der Waals surface area (Å²) in [4.78, 5) is 10.4. The number of aldehydes is 1. The van der Waals surface area contributed by atoms with Crippen LogP contribution in [0.15, 0.2) is 23.3 Å². The molecule has 0 heterocycles. The summed E-state index contributed by atoms with van der Waals surface area (Å²) in [6, 6.07) is 0. The van der Waals surface area contributed by atoms with E-state index in [4.69, 9.17) is 0 Å². The van der Waals surface area contributed by atoms with Crippen molar-refractivity contribution in [2.24, 2.45) is 11.3 Å². The molecule has 1 unspecified atom stereocenters. The van der Waals surface area contributed by atoms with E-state index < -0.39 is 0 Å². The normalized spacial score (nSPS) is 27.2. The summed E-state index contributed by atoms with van der Waals surface area (Å²) in [5, 5.41) is 0. The van der Waals surface area contributed by atoms with Gasteiger partial charge in [0.2, 0.25) is 0 Å². The number of carbonyl (C=O) groups is 1. The van der Waals surface area contributed by atoms with Crippen LogP contribution in [0, 0.1) is 11.3 Å². The van der Waals surface area contributed by atoms with Crippen molar-refractivity contribution in [3.05, 3.63) is 23.3 Å². The zero-order valence-electron chi connectivity index (χ0n) is 8.92. The van der Waals surface area contributed by atoms with E-state index in [-0.39, 0.29) is 5.41 Å². The first-order valence-electron chi connectivity index (χ1n) is 4.83. The minimum Gasteiger partial charge on any atom is -0.299 e. The standard InChI is InChI=1S/C12H18O/c1-9(7-8-13)11-6-5-10(2)12(11,3)4/h6-8,10H,5H2,1-4H3. The van der Waals surface area contributed by atoms with Crippen molar-refractivity contribution < 1.29 is 4.79 Å². The first-order valence-corrected chi connectivity index (χ1v) is 4.83. The second kappa shape index (κ2) is 3.49. The molecule has 0 fully saturated rings. The summed E-state index contributed by atoms with van der Waals surface area (Å²) < 4.78 is 0. The van der Waals surface area contributed by atoms with Gasteiger partial charge in [-0.05, 0) is 41.9 Å². The summed E-state index contributed by atoms with van der Waals surface area (Å²) in [5.41, 5.74) is 2.68. The molecule has 0 saturated carbocycles. The lowest BCUT2D eigenvalue weighted by molar-refractivity contribution is -0.104. The lowest BCUT2D eigenvalue weighted by Crippen LogP contribution is -2.19. The first-order chi connectivity index (χ1) is 6.00. The molecule has 0 bridgehead atoms. The van der Waals surface area contributed by atoms with Crippen LogP contribution in [0.3, 0.4) is 0 Å². The van der Waals surface area contributed by atoms with Crippen LogP contribution in [0.2, 0.25) is 0 Å². The predicted molar refractivity (Wildman–Crippen MR) is 55.5 cm³/mol. The smallest absolute Gasteiger partial charge is 0.143 e. The predicted octanol–water partition coefficient (Wildman–Crippen LogP) is 3.12. The summed E-state index contributed by atoms with van der Waals surface area (Å²) in [6.45, 7) is 8.77. The maximum atomic E-state index is 10.4. The van der Waals surface area contributed by atoms with Crippen molar-refractivity contribution >= 4 is 6.29 Å². The minimum absolute atomic E-state index is 0.226. The average Bonchev–Trinajstić information content (AvgIpc) is 2.28. The van der Waals surface area contributed by atoms with Crippen molar-refractivity contribution in [1.82, 2.24) is 0 Å². The molecule has 0 spiro atoms. The van der Waals surface area contributed by atoms with Crippen LogP contribution in [-0.2, 0) is 4.79 Å². The van der Waals surface area contributed by atoms with E-state index in [0.29, 0.717) is 5.92 Å². The van der Waals surface area contributed by atoms with Crippen LogP contribution < -0.4 is 0 Å². The second-order valence-electron chi connectivity index (χ2n) is 4.46. The van der Waals surface area contributed by atoms with Gasteiger partial charge in [-0.25, -0.2) is 0 Å². The maximum Gasteiger partial charge on any atom is 0.143 e. The van der Waals surface area contributed by atoms with Crippen molar-refractivity contribution in [3.63, 3.8) is 0 Å². The highest BCUT2D eigenvalue weighted by Gasteiger charge is 2.34. The lowest BCUT2D eigenvalue weighted by Gasteiger charge is -2.28. The number of hydrogen-bond acceptors (Lipinski definition) is 1. The van der Waals surface area contributed by atoms with Crippen LogP contribution in [-0.4, -0.2) is 6.29 Å². The van der Waals surface area contributed by atoms with Crippen LogP contribution in [0.25, 0.3) is 0 Å². The molecular formula is C12H18O. The zero-order chi connectivity index (χ0) is 10.1. The Morgan fingerprint density at radius 2 is 2.23 bits per heavy atom. The highest BCUT2D eigenvalue weighted by Crippen LogP contribution is 2.45. The Bertz CT molecular complexity index is 269. The topological polar surface area (TPSA) is 17.1 Å². The fourth-order valence-electron chi connectivity index (χ4n) is 1.98. The third-order valence-electron chi connectivity index (χ3n) is 3.34. The molecule has 1 rings (SSSR count). The Morgan fingerprint density at radius 1 is 1.62 bits per heavy atom. The zero-order valence-corrected chi connectivity index (χ0v) is 8.92. The third-order valence-corrected chi connectivity index (χ3v) is 3.34. The van der Waals surface area contributed by atoms with Gasteiger partial charge in [0.05, 0.1) is 0 Å². The molecule has 1 heteroatoms. The quantitative estimate of drug-likeness (QED) is 0.469. The number of rotatable bonds is 2. The van der Waals surface area contributed by atoms with Gasteiger partial charge in [0.1, 0.15) is 6.29 Å². The Balaban J connectivity index is 2.95. The molecule has 1 aliphatic carbocycles. The Labute approximate surface area is 80.5 Å². The molecular weight excluding hydrogens is 160 g/mol. The molecule has 1 aliphatic rings. The van der Waals surface area contributed by atoms with Crippen LogP contribution >= 0.6 is 0 Å². The summed E-state index contributed by atoms with van der Waals surface area (Å²) >= 11 is 0. The van der Waals surface area contributed by atoms with E-state index in [9.17, 15) is 4.79 Å². The van der Waals surface area contributed by atoms with Gasteiger partial charge in [-0.15, -0.1) is 0 Å². The van der Waals surface area contributed by atoms with E-state index in [1.807, 2.05) is 6.92 Å².